The van der Waals surface area contributed by atoms with Gasteiger partial charge in [-0.3, -0.25) is 4.79 Å². The lowest BCUT2D eigenvalue weighted by atomic mass is 10.1. The zero-order chi connectivity index (χ0) is 16.7. The fourth-order valence-corrected chi connectivity index (χ4v) is 2.24. The van der Waals surface area contributed by atoms with Crippen LogP contribution in [0.4, 0.5) is 5.82 Å². The quantitative estimate of drug-likeness (QED) is 0.802. The summed E-state index contributed by atoms with van der Waals surface area (Å²) in [7, 11) is 0. The van der Waals surface area contributed by atoms with Gasteiger partial charge in [0.2, 0.25) is 0 Å². The number of hydrogen-bond acceptors (Lipinski definition) is 3. The van der Waals surface area contributed by atoms with Crippen LogP contribution in [0.2, 0.25) is 5.02 Å². The molecule has 0 unspecified atom stereocenters. The molecule has 0 saturated carbocycles. The number of halogens is 1. The van der Waals surface area contributed by atoms with Crippen molar-refractivity contribution in [3.8, 4) is 0 Å². The summed E-state index contributed by atoms with van der Waals surface area (Å²) in [6, 6.07) is 11.1. The molecule has 1 aromatic carbocycles. The Kier molecular flexibility index (Phi) is 6.41. The van der Waals surface area contributed by atoms with Gasteiger partial charge in [-0.2, -0.15) is 0 Å². The third-order valence-electron chi connectivity index (χ3n) is 3.45. The second kappa shape index (κ2) is 8.53. The third kappa shape index (κ3) is 5.57. The minimum atomic E-state index is -0.161. The Morgan fingerprint density at radius 1 is 1.22 bits per heavy atom. The maximum atomic E-state index is 12.1. The Bertz CT molecular complexity index is 641. The summed E-state index contributed by atoms with van der Waals surface area (Å²) in [5.41, 5.74) is 1.42. The summed E-state index contributed by atoms with van der Waals surface area (Å²) in [5.74, 6) is 1.27. The molecule has 0 spiro atoms. The molecule has 0 saturated heterocycles. The number of benzene rings is 1. The molecule has 0 atom stereocenters. The minimum absolute atomic E-state index is 0.161. The fraction of sp³-hybridized carbons (Fsp3) is 0.333. The van der Waals surface area contributed by atoms with Crippen molar-refractivity contribution in [3.63, 3.8) is 0 Å². The normalized spacial score (nSPS) is 10.6. The number of hydrogen-bond donors (Lipinski definition) is 2. The average molecular weight is 332 g/mol. The first-order chi connectivity index (χ1) is 11.1. The topological polar surface area (TPSA) is 54.0 Å². The van der Waals surface area contributed by atoms with E-state index in [9.17, 15) is 4.79 Å². The number of nitrogens with one attached hydrogen (secondary N) is 2. The van der Waals surface area contributed by atoms with Crippen molar-refractivity contribution in [1.82, 2.24) is 10.3 Å². The Balaban J connectivity index is 1.86. The van der Waals surface area contributed by atoms with Crippen LogP contribution in [-0.4, -0.2) is 17.4 Å². The van der Waals surface area contributed by atoms with Crippen LogP contribution in [0.15, 0.2) is 42.6 Å². The van der Waals surface area contributed by atoms with E-state index < -0.39 is 0 Å². The highest BCUT2D eigenvalue weighted by molar-refractivity contribution is 6.31. The fourth-order valence-electron chi connectivity index (χ4n) is 2.04. The lowest BCUT2D eigenvalue weighted by Crippen LogP contribution is -2.23. The molecule has 0 aliphatic carbocycles. The van der Waals surface area contributed by atoms with Gasteiger partial charge in [0.15, 0.2) is 0 Å². The molecular weight excluding hydrogens is 310 g/mol. The second-order valence-electron chi connectivity index (χ2n) is 5.82. The molecule has 5 heteroatoms. The molecule has 1 amide bonds. The molecule has 2 rings (SSSR count). The Labute approximate surface area is 142 Å². The zero-order valence-electron chi connectivity index (χ0n) is 13.5. The van der Waals surface area contributed by atoms with Crippen molar-refractivity contribution >= 4 is 23.3 Å². The van der Waals surface area contributed by atoms with Gasteiger partial charge in [-0.15, -0.1) is 0 Å². The predicted molar refractivity (Wildman–Crippen MR) is 94.8 cm³/mol. The molecule has 4 nitrogen and oxygen atoms in total. The van der Waals surface area contributed by atoms with E-state index in [1.54, 1.807) is 12.3 Å². The standard InChI is InChI=1S/C18H22ClN3O/c1-13(2)9-10-20-17-8-7-15(12-21-17)18(23)22-11-14-5-3-4-6-16(14)19/h3-8,12-13H,9-11H2,1-2H3,(H,20,21)(H,22,23). The van der Waals surface area contributed by atoms with Gasteiger partial charge >= 0.3 is 0 Å². The molecule has 0 fully saturated rings. The molecule has 23 heavy (non-hydrogen) atoms. The van der Waals surface area contributed by atoms with Crippen LogP contribution in [0.1, 0.15) is 36.2 Å². The first-order valence-electron chi connectivity index (χ1n) is 7.78. The van der Waals surface area contributed by atoms with Crippen LogP contribution in [0.5, 0.6) is 0 Å². The molecule has 0 aliphatic heterocycles. The first-order valence-corrected chi connectivity index (χ1v) is 8.15. The van der Waals surface area contributed by atoms with Crippen LogP contribution in [0.25, 0.3) is 0 Å². The molecule has 122 valence electrons. The summed E-state index contributed by atoms with van der Waals surface area (Å²) in [6.45, 7) is 5.64. The van der Waals surface area contributed by atoms with Crippen molar-refractivity contribution in [2.45, 2.75) is 26.8 Å². The second-order valence-corrected chi connectivity index (χ2v) is 6.22. The summed E-state index contributed by atoms with van der Waals surface area (Å²) in [5, 5.41) is 6.75. The number of aromatic nitrogens is 1. The number of carbonyl (C=O) groups excluding carboxylic acids is 1. The van der Waals surface area contributed by atoms with E-state index in [1.807, 2.05) is 30.3 Å². The van der Waals surface area contributed by atoms with E-state index >= 15 is 0 Å². The third-order valence-corrected chi connectivity index (χ3v) is 3.82. The van der Waals surface area contributed by atoms with E-state index in [1.165, 1.54) is 0 Å². The van der Waals surface area contributed by atoms with Gasteiger partial charge in [-0.25, -0.2) is 4.98 Å². The lowest BCUT2D eigenvalue weighted by molar-refractivity contribution is 0.0950. The van der Waals surface area contributed by atoms with Gasteiger partial charge in [-0.05, 0) is 36.1 Å². The highest BCUT2D eigenvalue weighted by Gasteiger charge is 2.07. The Hall–Kier alpha value is -2.07. The van der Waals surface area contributed by atoms with Gasteiger partial charge in [0.05, 0.1) is 5.56 Å². The van der Waals surface area contributed by atoms with Gasteiger partial charge in [0.1, 0.15) is 5.82 Å². The summed E-state index contributed by atoms with van der Waals surface area (Å²) >= 11 is 6.07. The Morgan fingerprint density at radius 3 is 2.65 bits per heavy atom. The number of nitrogens with zero attached hydrogens (tertiary/aromatic N) is 1. The van der Waals surface area contributed by atoms with Crippen molar-refractivity contribution < 1.29 is 4.79 Å². The highest BCUT2D eigenvalue weighted by atomic mass is 35.5. The number of rotatable bonds is 7. The highest BCUT2D eigenvalue weighted by Crippen LogP contribution is 2.14. The molecular formula is C18H22ClN3O. The van der Waals surface area contributed by atoms with Crippen LogP contribution in [0.3, 0.4) is 0 Å². The smallest absolute Gasteiger partial charge is 0.253 e. The SMILES string of the molecule is CC(C)CCNc1ccc(C(=O)NCc2ccccc2Cl)cn1. The van der Waals surface area contributed by atoms with E-state index in [2.05, 4.69) is 29.5 Å². The predicted octanol–water partition coefficient (Wildman–Crippen LogP) is 4.12. The zero-order valence-corrected chi connectivity index (χ0v) is 14.2. The number of carbonyl (C=O) groups is 1. The molecule has 2 N–H and O–H groups in total. The van der Waals surface area contributed by atoms with Crippen LogP contribution in [0, 0.1) is 5.92 Å². The molecule has 1 aromatic heterocycles. The van der Waals surface area contributed by atoms with Crippen LogP contribution >= 0.6 is 11.6 Å². The van der Waals surface area contributed by atoms with Crippen LogP contribution in [-0.2, 0) is 6.54 Å². The van der Waals surface area contributed by atoms with E-state index in [-0.39, 0.29) is 5.91 Å². The number of pyridine rings is 1. The largest absolute Gasteiger partial charge is 0.370 e. The number of anilines is 1. The van der Waals surface area contributed by atoms with Crippen LogP contribution < -0.4 is 10.6 Å². The van der Waals surface area contributed by atoms with Gasteiger partial charge in [0, 0.05) is 24.3 Å². The molecule has 0 radical (unpaired) electrons. The van der Waals surface area contributed by atoms with Crippen molar-refractivity contribution in [2.24, 2.45) is 5.92 Å². The number of amides is 1. The Morgan fingerprint density at radius 2 is 2.00 bits per heavy atom. The van der Waals surface area contributed by atoms with E-state index in [0.29, 0.717) is 23.0 Å². The van der Waals surface area contributed by atoms with Crippen molar-refractivity contribution in [1.29, 1.82) is 0 Å². The van der Waals surface area contributed by atoms with Gasteiger partial charge in [-0.1, -0.05) is 43.6 Å². The lowest BCUT2D eigenvalue weighted by Gasteiger charge is -2.09. The first kappa shape index (κ1) is 17.3. The van der Waals surface area contributed by atoms with E-state index in [0.717, 1.165) is 24.3 Å². The summed E-state index contributed by atoms with van der Waals surface area (Å²) < 4.78 is 0. The molecule has 0 aliphatic rings. The van der Waals surface area contributed by atoms with Crippen molar-refractivity contribution in [3.05, 3.63) is 58.7 Å². The maximum absolute atomic E-state index is 12.1. The molecule has 1 heterocycles. The van der Waals surface area contributed by atoms with Crippen molar-refractivity contribution in [2.75, 3.05) is 11.9 Å². The summed E-state index contributed by atoms with van der Waals surface area (Å²) in [4.78, 5) is 16.4. The maximum Gasteiger partial charge on any atom is 0.253 e. The average Bonchev–Trinajstić information content (AvgIpc) is 2.54. The van der Waals surface area contributed by atoms with Gasteiger partial charge < -0.3 is 10.6 Å². The molecule has 2 aromatic rings. The molecule has 0 bridgehead atoms. The summed E-state index contributed by atoms with van der Waals surface area (Å²) in [6.07, 6.45) is 2.67. The minimum Gasteiger partial charge on any atom is -0.370 e. The monoisotopic (exact) mass is 331 g/mol. The van der Waals surface area contributed by atoms with E-state index in [4.69, 9.17) is 11.6 Å². The van der Waals surface area contributed by atoms with Gasteiger partial charge in [0.25, 0.3) is 5.91 Å².